The van der Waals surface area contributed by atoms with Gasteiger partial charge in [-0.15, -0.1) is 0 Å². The minimum atomic E-state index is -0.147. The van der Waals surface area contributed by atoms with Gasteiger partial charge >= 0.3 is 0 Å². The third-order valence-corrected chi connectivity index (χ3v) is 4.33. The van der Waals surface area contributed by atoms with E-state index in [-0.39, 0.29) is 11.5 Å². The van der Waals surface area contributed by atoms with Crippen LogP contribution in [0.15, 0.2) is 16.9 Å². The Hall–Kier alpha value is -1.69. The fraction of sp³-hybridized carbons (Fsp3) is 0.688. The number of unbranched alkanes of at least 4 members (excludes halogenated alkanes) is 1. The van der Waals surface area contributed by atoms with Crippen LogP contribution in [-0.2, 0) is 6.54 Å². The molecule has 6 nitrogen and oxygen atoms in total. The van der Waals surface area contributed by atoms with Crippen LogP contribution in [0.2, 0.25) is 0 Å². The average Bonchev–Trinajstić information content (AvgIpc) is 2.88. The number of aryl methyl sites for hydroxylation is 1. The van der Waals surface area contributed by atoms with Gasteiger partial charge in [0, 0.05) is 31.7 Å². The summed E-state index contributed by atoms with van der Waals surface area (Å²) < 4.78 is 1.40. The first kappa shape index (κ1) is 16.7. The van der Waals surface area contributed by atoms with Crippen molar-refractivity contribution in [3.63, 3.8) is 0 Å². The van der Waals surface area contributed by atoms with Crippen LogP contribution in [0.25, 0.3) is 0 Å². The second-order valence-corrected chi connectivity index (χ2v) is 6.35. The van der Waals surface area contributed by atoms with Gasteiger partial charge in [0.15, 0.2) is 0 Å². The van der Waals surface area contributed by atoms with E-state index in [2.05, 4.69) is 23.8 Å². The van der Waals surface area contributed by atoms with Crippen LogP contribution in [0, 0.1) is 5.92 Å². The maximum atomic E-state index is 12.6. The molecule has 0 N–H and O–H groups in total. The molecule has 6 heteroatoms. The molecule has 0 aliphatic carbocycles. The van der Waals surface area contributed by atoms with Gasteiger partial charge < -0.3 is 9.80 Å². The molecule has 2 atom stereocenters. The van der Waals surface area contributed by atoms with Crippen molar-refractivity contribution in [2.75, 3.05) is 27.2 Å². The Bertz CT molecular complexity index is 582. The van der Waals surface area contributed by atoms with Crippen molar-refractivity contribution < 1.29 is 4.79 Å². The molecule has 0 radical (unpaired) electrons. The SMILES string of the molecule is CCCCn1nc(C(=O)N2C[C@H](C)[C@@H](N(C)C)C2)ccc1=O. The first-order valence-corrected chi connectivity index (χ1v) is 7.98. The number of likely N-dealkylation sites (tertiary alicyclic amines) is 1. The summed E-state index contributed by atoms with van der Waals surface area (Å²) in [5.74, 6) is 0.353. The predicted octanol–water partition coefficient (Wildman–Crippen LogP) is 1.07. The summed E-state index contributed by atoms with van der Waals surface area (Å²) in [6.07, 6.45) is 1.87. The highest BCUT2D eigenvalue weighted by molar-refractivity contribution is 5.92. The fourth-order valence-electron chi connectivity index (χ4n) is 2.98. The molecule has 2 heterocycles. The molecule has 1 aromatic heterocycles. The lowest BCUT2D eigenvalue weighted by atomic mass is 10.1. The highest BCUT2D eigenvalue weighted by Crippen LogP contribution is 2.21. The Morgan fingerprint density at radius 3 is 2.68 bits per heavy atom. The Labute approximate surface area is 131 Å². The van der Waals surface area contributed by atoms with E-state index < -0.39 is 0 Å². The minimum Gasteiger partial charge on any atom is -0.335 e. The highest BCUT2D eigenvalue weighted by atomic mass is 16.2. The molecule has 1 amide bonds. The maximum Gasteiger partial charge on any atom is 0.274 e. The van der Waals surface area contributed by atoms with E-state index in [1.165, 1.54) is 10.7 Å². The van der Waals surface area contributed by atoms with Gasteiger partial charge in [-0.25, -0.2) is 4.68 Å². The van der Waals surface area contributed by atoms with E-state index in [9.17, 15) is 9.59 Å². The Morgan fingerprint density at radius 2 is 2.09 bits per heavy atom. The molecule has 1 fully saturated rings. The number of nitrogens with zero attached hydrogens (tertiary/aromatic N) is 4. The Kier molecular flexibility index (Phi) is 5.34. The standard InChI is InChI=1S/C16H26N4O2/c1-5-6-9-20-15(21)8-7-13(17-20)16(22)19-10-12(2)14(11-19)18(3)4/h7-8,12,14H,5-6,9-11H2,1-4H3/t12-,14-/m0/s1. The molecule has 22 heavy (non-hydrogen) atoms. The first-order chi connectivity index (χ1) is 10.4. The topological polar surface area (TPSA) is 58.4 Å². The average molecular weight is 306 g/mol. The van der Waals surface area contributed by atoms with E-state index in [1.807, 2.05) is 19.0 Å². The van der Waals surface area contributed by atoms with Gasteiger partial charge in [-0.2, -0.15) is 5.10 Å². The van der Waals surface area contributed by atoms with Crippen LogP contribution in [-0.4, -0.2) is 58.7 Å². The van der Waals surface area contributed by atoms with Gasteiger partial charge in [-0.05, 0) is 32.5 Å². The zero-order valence-corrected chi connectivity index (χ0v) is 14.0. The summed E-state index contributed by atoms with van der Waals surface area (Å²) in [7, 11) is 4.08. The third-order valence-electron chi connectivity index (χ3n) is 4.33. The van der Waals surface area contributed by atoms with Gasteiger partial charge in [-0.1, -0.05) is 20.3 Å². The van der Waals surface area contributed by atoms with Gasteiger partial charge in [0.05, 0.1) is 0 Å². The molecule has 122 valence electrons. The molecular formula is C16H26N4O2. The monoisotopic (exact) mass is 306 g/mol. The van der Waals surface area contributed by atoms with Crippen molar-refractivity contribution in [3.8, 4) is 0 Å². The minimum absolute atomic E-state index is 0.0820. The van der Waals surface area contributed by atoms with Gasteiger partial charge in [-0.3, -0.25) is 9.59 Å². The van der Waals surface area contributed by atoms with Crippen LogP contribution in [0.3, 0.4) is 0 Å². The number of carbonyl (C=O) groups excluding carboxylic acids is 1. The van der Waals surface area contributed by atoms with Crippen molar-refractivity contribution in [2.24, 2.45) is 5.92 Å². The molecule has 0 spiro atoms. The summed E-state index contributed by atoms with van der Waals surface area (Å²) in [6.45, 7) is 6.23. The van der Waals surface area contributed by atoms with Crippen molar-refractivity contribution in [1.82, 2.24) is 19.6 Å². The number of likely N-dealkylation sites (N-methyl/N-ethyl adjacent to an activating group) is 1. The molecule has 1 aliphatic heterocycles. The number of rotatable bonds is 5. The molecule has 0 saturated carbocycles. The molecule has 1 aliphatic rings. The molecule has 2 rings (SSSR count). The molecule has 1 aromatic rings. The van der Waals surface area contributed by atoms with Crippen molar-refractivity contribution in [1.29, 1.82) is 0 Å². The smallest absolute Gasteiger partial charge is 0.274 e. The van der Waals surface area contributed by atoms with E-state index >= 15 is 0 Å². The van der Waals surface area contributed by atoms with E-state index in [0.717, 1.165) is 19.4 Å². The molecule has 1 saturated heterocycles. The van der Waals surface area contributed by atoms with Gasteiger partial charge in [0.2, 0.25) is 0 Å². The first-order valence-electron chi connectivity index (χ1n) is 7.98. The van der Waals surface area contributed by atoms with Gasteiger partial charge in [0.1, 0.15) is 5.69 Å². The summed E-state index contributed by atoms with van der Waals surface area (Å²) >= 11 is 0. The number of aromatic nitrogens is 2. The highest BCUT2D eigenvalue weighted by Gasteiger charge is 2.34. The number of amides is 1. The van der Waals surface area contributed by atoms with Crippen molar-refractivity contribution >= 4 is 5.91 Å². The second-order valence-electron chi connectivity index (χ2n) is 6.35. The number of hydrogen-bond acceptors (Lipinski definition) is 4. The van der Waals surface area contributed by atoms with E-state index in [1.54, 1.807) is 6.07 Å². The number of carbonyl (C=O) groups is 1. The second kappa shape index (κ2) is 7.05. The van der Waals surface area contributed by atoms with Crippen LogP contribution >= 0.6 is 0 Å². The largest absolute Gasteiger partial charge is 0.335 e. The van der Waals surface area contributed by atoms with Gasteiger partial charge in [0.25, 0.3) is 11.5 Å². The molecule has 0 aromatic carbocycles. The van der Waals surface area contributed by atoms with Crippen LogP contribution in [0.1, 0.15) is 37.2 Å². The fourth-order valence-corrected chi connectivity index (χ4v) is 2.98. The lowest BCUT2D eigenvalue weighted by Gasteiger charge is -2.22. The van der Waals surface area contributed by atoms with Crippen LogP contribution in [0.5, 0.6) is 0 Å². The van der Waals surface area contributed by atoms with Crippen molar-refractivity contribution in [3.05, 3.63) is 28.2 Å². The third kappa shape index (κ3) is 3.55. The quantitative estimate of drug-likeness (QED) is 0.816. The predicted molar refractivity (Wildman–Crippen MR) is 85.9 cm³/mol. The van der Waals surface area contributed by atoms with Crippen LogP contribution < -0.4 is 5.56 Å². The van der Waals surface area contributed by atoms with E-state index in [4.69, 9.17) is 0 Å². The molecule has 0 bridgehead atoms. The summed E-state index contributed by atoms with van der Waals surface area (Å²) in [5, 5.41) is 4.25. The Morgan fingerprint density at radius 1 is 1.36 bits per heavy atom. The number of hydrogen-bond donors (Lipinski definition) is 0. The maximum absolute atomic E-state index is 12.6. The van der Waals surface area contributed by atoms with Crippen LogP contribution in [0.4, 0.5) is 0 Å². The Balaban J connectivity index is 2.15. The lowest BCUT2D eigenvalue weighted by molar-refractivity contribution is 0.0772. The zero-order chi connectivity index (χ0) is 16.3. The normalized spacial score (nSPS) is 21.6. The summed E-state index contributed by atoms with van der Waals surface area (Å²) in [6, 6.07) is 3.36. The van der Waals surface area contributed by atoms with Crippen molar-refractivity contribution in [2.45, 2.75) is 39.3 Å². The van der Waals surface area contributed by atoms with E-state index in [0.29, 0.717) is 30.7 Å². The molecule has 0 unspecified atom stereocenters. The zero-order valence-electron chi connectivity index (χ0n) is 14.0. The summed E-state index contributed by atoms with van der Waals surface area (Å²) in [5.41, 5.74) is 0.216. The summed E-state index contributed by atoms with van der Waals surface area (Å²) in [4.78, 5) is 28.4. The lowest BCUT2D eigenvalue weighted by Crippen LogP contribution is -2.36. The molecular weight excluding hydrogens is 280 g/mol.